The zero-order valence-corrected chi connectivity index (χ0v) is 9.42. The summed E-state index contributed by atoms with van der Waals surface area (Å²) in [6.07, 6.45) is 3.19. The van der Waals surface area contributed by atoms with Crippen LogP contribution in [-0.2, 0) is 11.8 Å². The summed E-state index contributed by atoms with van der Waals surface area (Å²) in [6.45, 7) is 2.39. The third kappa shape index (κ3) is 1.74. The standard InChI is InChI=1S/C13H18O2/c1-3-10-8-11(4-5-12(10)15-2)13(9-14)6-7-13/h4-5,8,14H,3,6-7,9H2,1-2H3. The van der Waals surface area contributed by atoms with Crippen molar-refractivity contribution in [2.75, 3.05) is 13.7 Å². The van der Waals surface area contributed by atoms with Gasteiger partial charge in [0.2, 0.25) is 0 Å². The van der Waals surface area contributed by atoms with E-state index in [2.05, 4.69) is 19.1 Å². The number of benzene rings is 1. The minimum Gasteiger partial charge on any atom is -0.496 e. The van der Waals surface area contributed by atoms with Crippen molar-refractivity contribution in [2.24, 2.45) is 0 Å². The minimum atomic E-state index is 0.0657. The van der Waals surface area contributed by atoms with Gasteiger partial charge in [-0.2, -0.15) is 0 Å². The van der Waals surface area contributed by atoms with E-state index >= 15 is 0 Å². The predicted molar refractivity (Wildman–Crippen MR) is 60.4 cm³/mol. The lowest BCUT2D eigenvalue weighted by atomic mass is 9.94. The second-order valence-electron chi connectivity index (χ2n) is 4.32. The molecule has 0 atom stereocenters. The lowest BCUT2D eigenvalue weighted by molar-refractivity contribution is 0.255. The topological polar surface area (TPSA) is 29.5 Å². The fourth-order valence-electron chi connectivity index (χ4n) is 2.07. The van der Waals surface area contributed by atoms with Gasteiger partial charge >= 0.3 is 0 Å². The summed E-state index contributed by atoms with van der Waals surface area (Å²) in [6, 6.07) is 6.28. The highest BCUT2D eigenvalue weighted by atomic mass is 16.5. The molecule has 2 rings (SSSR count). The molecule has 0 amide bonds. The van der Waals surface area contributed by atoms with Gasteiger partial charge in [0, 0.05) is 5.41 Å². The van der Waals surface area contributed by atoms with Gasteiger partial charge in [0.1, 0.15) is 5.75 Å². The minimum absolute atomic E-state index is 0.0657. The van der Waals surface area contributed by atoms with Crippen molar-refractivity contribution >= 4 is 0 Å². The van der Waals surface area contributed by atoms with Crippen molar-refractivity contribution in [2.45, 2.75) is 31.6 Å². The molecule has 0 aliphatic heterocycles. The first-order valence-corrected chi connectivity index (χ1v) is 5.54. The Morgan fingerprint density at radius 1 is 1.40 bits per heavy atom. The van der Waals surface area contributed by atoms with Crippen LogP contribution in [0.2, 0.25) is 0 Å². The lowest BCUT2D eigenvalue weighted by Crippen LogP contribution is -2.12. The van der Waals surface area contributed by atoms with Gasteiger partial charge in [-0.15, -0.1) is 0 Å². The van der Waals surface area contributed by atoms with Crippen molar-refractivity contribution in [1.29, 1.82) is 0 Å². The van der Waals surface area contributed by atoms with Gasteiger partial charge in [0.25, 0.3) is 0 Å². The number of aryl methyl sites for hydroxylation is 1. The zero-order valence-electron chi connectivity index (χ0n) is 9.42. The van der Waals surface area contributed by atoms with E-state index in [-0.39, 0.29) is 12.0 Å². The molecule has 0 spiro atoms. The highest BCUT2D eigenvalue weighted by Crippen LogP contribution is 2.48. The largest absolute Gasteiger partial charge is 0.496 e. The van der Waals surface area contributed by atoms with E-state index in [4.69, 9.17) is 4.74 Å². The Kier molecular flexibility index (Phi) is 2.70. The third-order valence-electron chi connectivity index (χ3n) is 3.43. The molecule has 1 fully saturated rings. The van der Waals surface area contributed by atoms with Crippen LogP contribution in [0.4, 0.5) is 0 Å². The summed E-state index contributed by atoms with van der Waals surface area (Å²) in [5, 5.41) is 9.37. The molecule has 0 aromatic heterocycles. The first-order chi connectivity index (χ1) is 7.25. The molecule has 82 valence electrons. The number of aliphatic hydroxyl groups excluding tert-OH is 1. The monoisotopic (exact) mass is 206 g/mol. The quantitative estimate of drug-likeness (QED) is 0.819. The molecule has 1 aromatic carbocycles. The molecule has 0 saturated heterocycles. The van der Waals surface area contributed by atoms with E-state index in [1.807, 2.05) is 6.07 Å². The zero-order chi connectivity index (χ0) is 10.9. The molecule has 0 heterocycles. The Hall–Kier alpha value is -1.02. The molecular formula is C13H18O2. The maximum absolute atomic E-state index is 9.37. The van der Waals surface area contributed by atoms with Crippen LogP contribution in [0.1, 0.15) is 30.9 Å². The summed E-state index contributed by atoms with van der Waals surface area (Å²) in [5.74, 6) is 0.954. The van der Waals surface area contributed by atoms with E-state index < -0.39 is 0 Å². The molecule has 2 nitrogen and oxygen atoms in total. The van der Waals surface area contributed by atoms with E-state index in [1.165, 1.54) is 11.1 Å². The van der Waals surface area contributed by atoms with Gasteiger partial charge in [-0.05, 0) is 36.5 Å². The lowest BCUT2D eigenvalue weighted by Gasteiger charge is -2.15. The smallest absolute Gasteiger partial charge is 0.122 e. The Labute approximate surface area is 90.9 Å². The molecule has 1 aromatic rings. The van der Waals surface area contributed by atoms with Crippen molar-refractivity contribution in [1.82, 2.24) is 0 Å². The second-order valence-corrected chi connectivity index (χ2v) is 4.32. The average Bonchev–Trinajstić information content (AvgIpc) is 3.09. The number of ether oxygens (including phenoxy) is 1. The molecule has 1 aliphatic carbocycles. The van der Waals surface area contributed by atoms with Gasteiger partial charge < -0.3 is 9.84 Å². The first kappa shape index (κ1) is 10.5. The number of methoxy groups -OCH3 is 1. The number of rotatable bonds is 4. The highest BCUT2D eigenvalue weighted by Gasteiger charge is 2.43. The van der Waals surface area contributed by atoms with Gasteiger partial charge in [-0.3, -0.25) is 0 Å². The van der Waals surface area contributed by atoms with E-state index in [9.17, 15) is 5.11 Å². The normalized spacial score (nSPS) is 17.5. The van der Waals surface area contributed by atoms with Crippen molar-refractivity contribution in [3.63, 3.8) is 0 Å². The Bertz CT molecular complexity index is 354. The SMILES string of the molecule is CCc1cc(C2(CO)CC2)ccc1OC. The fourth-order valence-corrected chi connectivity index (χ4v) is 2.07. The number of hydrogen-bond donors (Lipinski definition) is 1. The van der Waals surface area contributed by atoms with Crippen LogP contribution in [0.15, 0.2) is 18.2 Å². The summed E-state index contributed by atoms with van der Waals surface area (Å²) in [5.41, 5.74) is 2.56. The average molecular weight is 206 g/mol. The Balaban J connectivity index is 2.35. The van der Waals surface area contributed by atoms with Crippen molar-refractivity contribution in [3.05, 3.63) is 29.3 Å². The third-order valence-corrected chi connectivity index (χ3v) is 3.43. The highest BCUT2D eigenvalue weighted by molar-refractivity contribution is 5.42. The van der Waals surface area contributed by atoms with Crippen LogP contribution < -0.4 is 4.74 Å². The van der Waals surface area contributed by atoms with Crippen LogP contribution in [0, 0.1) is 0 Å². The molecule has 1 N–H and O–H groups in total. The number of hydrogen-bond acceptors (Lipinski definition) is 2. The van der Waals surface area contributed by atoms with Gasteiger partial charge in [-0.25, -0.2) is 0 Å². The summed E-state index contributed by atoms with van der Waals surface area (Å²) in [4.78, 5) is 0. The van der Waals surface area contributed by atoms with E-state index in [0.29, 0.717) is 0 Å². The Morgan fingerprint density at radius 3 is 2.60 bits per heavy atom. The summed E-state index contributed by atoms with van der Waals surface area (Å²) in [7, 11) is 1.70. The molecule has 1 saturated carbocycles. The molecular weight excluding hydrogens is 188 g/mol. The molecule has 1 aliphatic rings. The molecule has 0 unspecified atom stereocenters. The van der Waals surface area contributed by atoms with Crippen LogP contribution in [0.5, 0.6) is 5.75 Å². The van der Waals surface area contributed by atoms with Crippen LogP contribution >= 0.6 is 0 Å². The maximum atomic E-state index is 9.37. The fraction of sp³-hybridized carbons (Fsp3) is 0.538. The van der Waals surface area contributed by atoms with Gasteiger partial charge in [0.15, 0.2) is 0 Å². The Morgan fingerprint density at radius 2 is 2.13 bits per heavy atom. The van der Waals surface area contributed by atoms with Gasteiger partial charge in [-0.1, -0.05) is 19.1 Å². The van der Waals surface area contributed by atoms with Crippen molar-refractivity contribution in [3.8, 4) is 5.75 Å². The van der Waals surface area contributed by atoms with Gasteiger partial charge in [0.05, 0.1) is 13.7 Å². The molecule has 2 heteroatoms. The van der Waals surface area contributed by atoms with Crippen LogP contribution in [0.3, 0.4) is 0 Å². The first-order valence-electron chi connectivity index (χ1n) is 5.54. The molecule has 15 heavy (non-hydrogen) atoms. The predicted octanol–water partition coefficient (Wildman–Crippen LogP) is 2.28. The van der Waals surface area contributed by atoms with Crippen molar-refractivity contribution < 1.29 is 9.84 Å². The summed E-state index contributed by atoms with van der Waals surface area (Å²) >= 11 is 0. The number of aliphatic hydroxyl groups is 1. The van der Waals surface area contributed by atoms with E-state index in [1.54, 1.807) is 7.11 Å². The molecule has 0 bridgehead atoms. The van der Waals surface area contributed by atoms with E-state index in [0.717, 1.165) is 25.0 Å². The van der Waals surface area contributed by atoms with Crippen LogP contribution in [-0.4, -0.2) is 18.8 Å². The maximum Gasteiger partial charge on any atom is 0.122 e. The summed E-state index contributed by atoms with van der Waals surface area (Å²) < 4.78 is 5.30. The second kappa shape index (κ2) is 3.86. The molecule has 0 radical (unpaired) electrons. The van der Waals surface area contributed by atoms with Crippen LogP contribution in [0.25, 0.3) is 0 Å².